The lowest BCUT2D eigenvalue weighted by atomic mass is 10.0. The fraction of sp³-hybridized carbons (Fsp3) is 0.400. The van der Waals surface area contributed by atoms with Crippen molar-refractivity contribution in [1.82, 2.24) is 19.8 Å². The van der Waals surface area contributed by atoms with E-state index in [-0.39, 0.29) is 24.1 Å². The molecule has 1 saturated heterocycles. The van der Waals surface area contributed by atoms with E-state index in [1.54, 1.807) is 12.1 Å². The van der Waals surface area contributed by atoms with Crippen molar-refractivity contribution < 1.29 is 13.9 Å². The summed E-state index contributed by atoms with van der Waals surface area (Å²) in [5, 5.41) is 8.76. The van der Waals surface area contributed by atoms with Crippen molar-refractivity contribution in [3.63, 3.8) is 0 Å². The summed E-state index contributed by atoms with van der Waals surface area (Å²) in [4.78, 5) is 16.7. The minimum absolute atomic E-state index is 0.0240. The first kappa shape index (κ1) is 24.8. The van der Waals surface area contributed by atoms with Crippen molar-refractivity contribution in [2.24, 2.45) is 0 Å². The molecule has 0 atom stereocenters. The molecule has 186 valence electrons. The van der Waals surface area contributed by atoms with E-state index >= 15 is 0 Å². The van der Waals surface area contributed by atoms with Gasteiger partial charge in [0.25, 0.3) is 0 Å². The van der Waals surface area contributed by atoms with Crippen molar-refractivity contribution >= 4 is 23.4 Å². The molecule has 1 aromatic heterocycles. The largest absolute Gasteiger partial charge is 0.485 e. The van der Waals surface area contributed by atoms with Crippen molar-refractivity contribution in [2.45, 2.75) is 38.5 Å². The normalized spacial score (nSPS) is 14.0. The molecule has 0 radical (unpaired) electrons. The number of ether oxygens (including phenoxy) is 1. The molecule has 1 aliphatic heterocycles. The second-order valence-corrected chi connectivity index (χ2v) is 9.83. The van der Waals surface area contributed by atoms with E-state index in [0.717, 1.165) is 22.6 Å². The van der Waals surface area contributed by atoms with E-state index < -0.39 is 0 Å². The quantitative estimate of drug-likeness (QED) is 0.375. The van der Waals surface area contributed by atoms with Crippen LogP contribution < -0.4 is 15.5 Å². The highest BCUT2D eigenvalue weighted by Gasteiger charge is 2.22. The van der Waals surface area contributed by atoms with Gasteiger partial charge >= 0.3 is 0 Å². The van der Waals surface area contributed by atoms with Gasteiger partial charge in [0, 0.05) is 31.9 Å². The standard InChI is InChI=1S/C25H31FN6O2S/c1-17(2)21-9-4-18(3)14-22(21)34-15-23-28-29-25(32(23)27)35-16-24(33)31-12-10-30(11-13-31)20-7-5-19(26)6-8-20/h4-9,14,17H,10-13,15-16,27H2,1-3H3. The number of carbonyl (C=O) groups is 1. The van der Waals surface area contributed by atoms with Crippen LogP contribution in [0.3, 0.4) is 0 Å². The smallest absolute Gasteiger partial charge is 0.233 e. The summed E-state index contributed by atoms with van der Waals surface area (Å²) in [7, 11) is 0. The van der Waals surface area contributed by atoms with E-state index in [1.807, 2.05) is 17.9 Å². The lowest BCUT2D eigenvalue weighted by molar-refractivity contribution is -0.128. The Labute approximate surface area is 209 Å². The zero-order chi connectivity index (χ0) is 24.9. The number of benzene rings is 2. The highest BCUT2D eigenvalue weighted by Crippen LogP contribution is 2.28. The van der Waals surface area contributed by atoms with Crippen molar-refractivity contribution in [3.05, 3.63) is 65.2 Å². The number of carbonyl (C=O) groups excluding carboxylic acids is 1. The van der Waals surface area contributed by atoms with Crippen LogP contribution in [-0.4, -0.2) is 57.6 Å². The average Bonchev–Trinajstić information content (AvgIpc) is 3.20. The summed E-state index contributed by atoms with van der Waals surface area (Å²) in [6, 6.07) is 12.6. The number of nitrogens with zero attached hydrogens (tertiary/aromatic N) is 5. The Hall–Kier alpha value is -3.27. The molecule has 0 spiro atoms. The number of aromatic nitrogens is 3. The molecule has 2 N–H and O–H groups in total. The van der Waals surface area contributed by atoms with Crippen LogP contribution >= 0.6 is 11.8 Å². The minimum atomic E-state index is -0.252. The van der Waals surface area contributed by atoms with E-state index in [1.165, 1.54) is 28.6 Å². The number of rotatable bonds is 8. The molecule has 1 amide bonds. The third kappa shape index (κ3) is 6.05. The predicted octanol–water partition coefficient (Wildman–Crippen LogP) is 3.58. The second-order valence-electron chi connectivity index (χ2n) is 8.89. The molecule has 2 aromatic carbocycles. The number of halogens is 1. The number of anilines is 1. The van der Waals surface area contributed by atoms with Gasteiger partial charge in [0.1, 0.15) is 18.2 Å². The summed E-state index contributed by atoms with van der Waals surface area (Å²) in [6.45, 7) is 9.08. The SMILES string of the molecule is Cc1ccc(C(C)C)c(OCc2nnc(SCC(=O)N3CCN(c4ccc(F)cc4)CC3)n2N)c1. The molecule has 4 rings (SSSR count). The van der Waals surface area contributed by atoms with Gasteiger partial charge in [-0.3, -0.25) is 4.79 Å². The average molecular weight is 499 g/mol. The van der Waals surface area contributed by atoms with Crippen LogP contribution in [0.15, 0.2) is 47.6 Å². The third-order valence-corrected chi connectivity index (χ3v) is 6.96. The van der Waals surface area contributed by atoms with Crippen LogP contribution in [0.25, 0.3) is 0 Å². The van der Waals surface area contributed by atoms with Gasteiger partial charge in [-0.15, -0.1) is 10.2 Å². The van der Waals surface area contributed by atoms with Crippen molar-refractivity contribution in [2.75, 3.05) is 42.7 Å². The summed E-state index contributed by atoms with van der Waals surface area (Å²) in [5.41, 5.74) is 3.20. The molecule has 3 aromatic rings. The van der Waals surface area contributed by atoms with Gasteiger partial charge in [-0.1, -0.05) is 37.7 Å². The van der Waals surface area contributed by atoms with Crippen LogP contribution in [0.2, 0.25) is 0 Å². The van der Waals surface area contributed by atoms with Gasteiger partial charge in [0.05, 0.1) is 5.75 Å². The first-order valence-electron chi connectivity index (χ1n) is 11.7. The Bertz CT molecular complexity index is 1160. The number of piperazine rings is 1. The molecule has 1 fully saturated rings. The third-order valence-electron chi connectivity index (χ3n) is 6.03. The highest BCUT2D eigenvalue weighted by molar-refractivity contribution is 7.99. The van der Waals surface area contributed by atoms with Gasteiger partial charge in [-0.25, -0.2) is 9.07 Å². The predicted molar refractivity (Wildman–Crippen MR) is 136 cm³/mol. The fourth-order valence-electron chi connectivity index (χ4n) is 3.97. The fourth-order valence-corrected chi connectivity index (χ4v) is 4.75. The van der Waals surface area contributed by atoms with Gasteiger partial charge in [0.2, 0.25) is 11.1 Å². The molecule has 10 heteroatoms. The number of aryl methyl sites for hydroxylation is 1. The van der Waals surface area contributed by atoms with E-state index in [4.69, 9.17) is 10.6 Å². The summed E-state index contributed by atoms with van der Waals surface area (Å²) >= 11 is 1.26. The van der Waals surface area contributed by atoms with Crippen LogP contribution in [0.1, 0.15) is 36.7 Å². The zero-order valence-corrected chi connectivity index (χ0v) is 21.1. The van der Waals surface area contributed by atoms with Gasteiger partial charge in [0.15, 0.2) is 5.82 Å². The first-order chi connectivity index (χ1) is 16.8. The molecule has 35 heavy (non-hydrogen) atoms. The summed E-state index contributed by atoms with van der Waals surface area (Å²) in [5.74, 6) is 7.81. The number of hydrogen-bond donors (Lipinski definition) is 1. The van der Waals surface area contributed by atoms with E-state index in [9.17, 15) is 9.18 Å². The maximum absolute atomic E-state index is 13.2. The topological polar surface area (TPSA) is 89.5 Å². The van der Waals surface area contributed by atoms with Gasteiger partial charge in [-0.2, -0.15) is 0 Å². The molecule has 2 heterocycles. The number of hydrogen-bond acceptors (Lipinski definition) is 7. The Kier molecular flexibility index (Phi) is 7.80. The monoisotopic (exact) mass is 498 g/mol. The Morgan fingerprint density at radius 1 is 1.11 bits per heavy atom. The van der Waals surface area contributed by atoms with Crippen molar-refractivity contribution in [3.8, 4) is 5.75 Å². The summed E-state index contributed by atoms with van der Waals surface area (Å²) < 4.78 is 20.6. The lowest BCUT2D eigenvalue weighted by Crippen LogP contribution is -2.49. The van der Waals surface area contributed by atoms with Crippen molar-refractivity contribution in [1.29, 1.82) is 0 Å². The van der Waals surface area contributed by atoms with Gasteiger partial charge in [-0.05, 0) is 54.3 Å². The molecule has 0 saturated carbocycles. The Balaban J connectivity index is 1.28. The van der Waals surface area contributed by atoms with Crippen LogP contribution in [0, 0.1) is 12.7 Å². The van der Waals surface area contributed by atoms with Crippen LogP contribution in [-0.2, 0) is 11.4 Å². The molecular weight excluding hydrogens is 467 g/mol. The lowest BCUT2D eigenvalue weighted by Gasteiger charge is -2.36. The van der Waals surface area contributed by atoms with Gasteiger partial charge < -0.3 is 20.4 Å². The molecular formula is C25H31FN6O2S. The number of thioether (sulfide) groups is 1. The first-order valence-corrected chi connectivity index (χ1v) is 12.6. The molecule has 0 bridgehead atoms. The van der Waals surface area contributed by atoms with Crippen LogP contribution in [0.5, 0.6) is 5.75 Å². The number of nitrogen functional groups attached to an aromatic ring is 1. The molecule has 0 unspecified atom stereocenters. The maximum atomic E-state index is 13.2. The summed E-state index contributed by atoms with van der Waals surface area (Å²) in [6.07, 6.45) is 0. The zero-order valence-electron chi connectivity index (χ0n) is 20.3. The Morgan fingerprint density at radius 3 is 2.51 bits per heavy atom. The maximum Gasteiger partial charge on any atom is 0.233 e. The van der Waals surface area contributed by atoms with Crippen LogP contribution in [0.4, 0.5) is 10.1 Å². The number of amides is 1. The number of nitrogens with two attached hydrogens (primary N) is 1. The highest BCUT2D eigenvalue weighted by atomic mass is 32.2. The van der Waals surface area contributed by atoms with E-state index in [0.29, 0.717) is 43.1 Å². The molecule has 8 nitrogen and oxygen atoms in total. The molecule has 1 aliphatic rings. The second kappa shape index (κ2) is 11.0. The minimum Gasteiger partial charge on any atom is -0.485 e. The van der Waals surface area contributed by atoms with E-state index in [2.05, 4.69) is 41.1 Å². The Morgan fingerprint density at radius 2 is 1.83 bits per heavy atom. The molecule has 0 aliphatic carbocycles.